The summed E-state index contributed by atoms with van der Waals surface area (Å²) in [6.45, 7) is 0. The fraction of sp³-hybridized carbons (Fsp3) is 0. The topological polar surface area (TPSA) is 0 Å². The third kappa shape index (κ3) is 9.72. The minimum Gasteiger partial charge on any atom is 0 e. The Morgan fingerprint density at radius 3 is 1.00 bits per heavy atom. The van der Waals surface area contributed by atoms with Gasteiger partial charge in [-0.1, -0.05) is 0 Å². The molecule has 4 heavy (non-hydrogen) atoms. The van der Waals surface area contributed by atoms with Crippen molar-refractivity contribution in [2.24, 2.45) is 0 Å². The second-order valence-corrected chi connectivity index (χ2v) is 0. The maximum absolute atomic E-state index is 0. The van der Waals surface area contributed by atoms with Crippen molar-refractivity contribution in [3.05, 3.63) is 0 Å². The van der Waals surface area contributed by atoms with Crippen LogP contribution in [0, 0.1) is 121 Å². The summed E-state index contributed by atoms with van der Waals surface area (Å²) in [4.78, 5) is 0. The van der Waals surface area contributed by atoms with E-state index >= 15 is 0 Å². The number of rotatable bonds is 0. The number of hydrogen-bond donors (Lipinski definition) is 0. The first-order chi connectivity index (χ1) is 0. The molecule has 0 atom stereocenters. The second-order valence-electron chi connectivity index (χ2n) is 0. The van der Waals surface area contributed by atoms with Crippen LogP contribution < -0.4 is 0 Å². The molecule has 0 aliphatic rings. The molecule has 0 aliphatic carbocycles. The predicted molar refractivity (Wildman–Crippen MR) is 0 cm³/mol. The Morgan fingerprint density at radius 2 is 1.00 bits per heavy atom. The SMILES string of the molecule is [Fe].[Nd].[Pr].[Tb]. The first-order valence-electron chi connectivity index (χ1n) is 0. The Kier molecular flexibility index (Phi) is 92.3. The van der Waals surface area contributed by atoms with Crippen molar-refractivity contribution in [2.75, 3.05) is 0 Å². The average molecular weight is 500 g/mol. The average Bonchev–Trinajstić information content (AvgIpc) is 0. The first-order valence-corrected chi connectivity index (χ1v) is 0. The predicted octanol–water partition coefficient (Wildman–Crippen LogP) is -0.00250. The zero-order valence-corrected chi connectivity index (χ0v) is 11.9. The molecule has 0 saturated carbocycles. The largest absolute Gasteiger partial charge is 0 e. The fourth-order valence-corrected chi connectivity index (χ4v) is 0. The van der Waals surface area contributed by atoms with Gasteiger partial charge in [-0.2, -0.15) is 0 Å². The van der Waals surface area contributed by atoms with E-state index in [0.717, 1.165) is 0 Å². The Labute approximate surface area is 133 Å². The van der Waals surface area contributed by atoms with E-state index in [4.69, 9.17) is 0 Å². The van der Waals surface area contributed by atoms with Gasteiger partial charge in [0.2, 0.25) is 0 Å². The van der Waals surface area contributed by atoms with Gasteiger partial charge in [-0.25, -0.2) is 0 Å². The standard InChI is InChI=1S/Fe.Nd.Pr.Tb. The van der Waals surface area contributed by atoms with Gasteiger partial charge in [-0.15, -0.1) is 0 Å². The molecule has 0 rings (SSSR count). The van der Waals surface area contributed by atoms with Crippen molar-refractivity contribution >= 4 is 0 Å². The quantitative estimate of drug-likeness (QED) is 0.412. The van der Waals surface area contributed by atoms with Gasteiger partial charge >= 0.3 is 0 Å². The molecule has 0 aromatic carbocycles. The van der Waals surface area contributed by atoms with E-state index in [1.54, 1.807) is 0 Å². The summed E-state index contributed by atoms with van der Waals surface area (Å²) in [5.41, 5.74) is 0. The van der Waals surface area contributed by atoms with Crippen LogP contribution in [0.2, 0.25) is 0 Å². The van der Waals surface area contributed by atoms with E-state index in [2.05, 4.69) is 0 Å². The summed E-state index contributed by atoms with van der Waals surface area (Å²) in [5, 5.41) is 0. The molecule has 0 spiro atoms. The van der Waals surface area contributed by atoms with Crippen molar-refractivity contribution in [3.63, 3.8) is 0 Å². The third-order valence-electron chi connectivity index (χ3n) is 0. The van der Waals surface area contributed by atoms with Crippen molar-refractivity contribution in [3.8, 4) is 0 Å². The molecule has 0 aliphatic heterocycles. The van der Waals surface area contributed by atoms with Crippen LogP contribution in [-0.4, -0.2) is 0 Å². The maximum atomic E-state index is 0. The van der Waals surface area contributed by atoms with Crippen molar-refractivity contribution < 1.29 is 138 Å². The molecule has 2 radical (unpaired) electrons. The van der Waals surface area contributed by atoms with Gasteiger partial charge in [0.05, 0.1) is 0 Å². The Morgan fingerprint density at radius 1 is 1.00 bits per heavy atom. The summed E-state index contributed by atoms with van der Waals surface area (Å²) < 4.78 is 0. The number of hydrogen-bond acceptors (Lipinski definition) is 0. The Hall–Kier alpha value is 4.52. The molecule has 0 N–H and O–H groups in total. The normalized spacial score (nSPS) is 0. The van der Waals surface area contributed by atoms with Crippen LogP contribution in [-0.2, 0) is 17.1 Å². The molecule has 4 heteroatoms. The van der Waals surface area contributed by atoms with E-state index < -0.39 is 0 Å². The molecule has 24 valence electrons. The van der Waals surface area contributed by atoms with Crippen LogP contribution in [0.3, 0.4) is 0 Å². The molecule has 0 bridgehead atoms. The monoisotopic (exact) mass is 498 g/mol. The van der Waals surface area contributed by atoms with Gasteiger partial charge in [0.15, 0.2) is 0 Å². The summed E-state index contributed by atoms with van der Waals surface area (Å²) in [7, 11) is 0. The third-order valence-corrected chi connectivity index (χ3v) is 0. The molecule has 0 amide bonds. The molecule has 0 unspecified atom stereocenters. The molecular weight excluding hydrogens is 500 g/mol. The second kappa shape index (κ2) is 15.6. The van der Waals surface area contributed by atoms with Crippen LogP contribution in [0.1, 0.15) is 0 Å². The molecular formula is FeNdPrTb. The van der Waals surface area contributed by atoms with Gasteiger partial charge in [-0.05, 0) is 0 Å². The van der Waals surface area contributed by atoms with Crippen LogP contribution in [0.15, 0.2) is 0 Å². The molecule has 0 aromatic heterocycles. The van der Waals surface area contributed by atoms with Crippen LogP contribution >= 0.6 is 0 Å². The summed E-state index contributed by atoms with van der Waals surface area (Å²) in [6.07, 6.45) is 0. The zero-order valence-electron chi connectivity index (χ0n) is 1.76. The molecule has 0 aromatic rings. The van der Waals surface area contributed by atoms with E-state index in [1.165, 1.54) is 0 Å². The molecule has 0 fully saturated rings. The van der Waals surface area contributed by atoms with Crippen LogP contribution in [0.5, 0.6) is 0 Å². The van der Waals surface area contributed by atoms with Gasteiger partial charge < -0.3 is 0 Å². The van der Waals surface area contributed by atoms with Crippen molar-refractivity contribution in [2.45, 2.75) is 0 Å². The minimum atomic E-state index is 0. The van der Waals surface area contributed by atoms with Gasteiger partial charge in [0, 0.05) is 138 Å². The van der Waals surface area contributed by atoms with E-state index in [-0.39, 0.29) is 138 Å². The minimum absolute atomic E-state index is 0. The van der Waals surface area contributed by atoms with Crippen LogP contribution in [0.25, 0.3) is 0 Å². The van der Waals surface area contributed by atoms with Gasteiger partial charge in [0.25, 0.3) is 0 Å². The van der Waals surface area contributed by atoms with E-state index in [0.29, 0.717) is 0 Å². The van der Waals surface area contributed by atoms with E-state index in [9.17, 15) is 0 Å². The molecule has 0 nitrogen and oxygen atoms in total. The Balaban J connectivity index is 0. The summed E-state index contributed by atoms with van der Waals surface area (Å²) >= 11 is 0. The summed E-state index contributed by atoms with van der Waals surface area (Å²) in [5.74, 6) is 0. The molecule has 0 saturated heterocycles. The van der Waals surface area contributed by atoms with Crippen LogP contribution in [0.4, 0.5) is 0 Å². The van der Waals surface area contributed by atoms with Gasteiger partial charge in [0.1, 0.15) is 0 Å². The first kappa shape index (κ1) is 23.6. The maximum Gasteiger partial charge on any atom is 0 e. The van der Waals surface area contributed by atoms with Gasteiger partial charge in [-0.3, -0.25) is 0 Å². The fourth-order valence-electron chi connectivity index (χ4n) is 0. The smallest absolute Gasteiger partial charge is 0 e. The van der Waals surface area contributed by atoms with Crippen molar-refractivity contribution in [1.29, 1.82) is 0 Å². The molecule has 0 heterocycles. The van der Waals surface area contributed by atoms with E-state index in [1.807, 2.05) is 0 Å². The zero-order chi connectivity index (χ0) is 0. The van der Waals surface area contributed by atoms with Crippen molar-refractivity contribution in [1.82, 2.24) is 0 Å². The summed E-state index contributed by atoms with van der Waals surface area (Å²) in [6, 6.07) is 0. The Bertz CT molecular complexity index is 8.00.